The number of ether oxygens (including phenoxy) is 2. The van der Waals surface area contributed by atoms with Gasteiger partial charge in [-0.05, 0) is 43.4 Å². The first-order chi connectivity index (χ1) is 16.9. The van der Waals surface area contributed by atoms with Crippen molar-refractivity contribution in [2.75, 3.05) is 26.5 Å². The van der Waals surface area contributed by atoms with Crippen molar-refractivity contribution in [2.24, 2.45) is 5.92 Å². The van der Waals surface area contributed by atoms with Gasteiger partial charge in [-0.25, -0.2) is 4.98 Å². The molecule has 0 spiro atoms. The van der Waals surface area contributed by atoms with Crippen molar-refractivity contribution in [3.8, 4) is 21.9 Å². The van der Waals surface area contributed by atoms with Crippen LogP contribution in [0.5, 0.6) is 11.5 Å². The van der Waals surface area contributed by atoms with Crippen molar-refractivity contribution in [3.63, 3.8) is 0 Å². The molecule has 1 aliphatic heterocycles. The third-order valence-corrected chi connectivity index (χ3v) is 7.62. The Labute approximate surface area is 208 Å². The van der Waals surface area contributed by atoms with Gasteiger partial charge in [0.1, 0.15) is 17.2 Å². The SMILES string of the molecule is COc1cc(OC)cc(C(=O)NC[C@@H]2C[C@@H]3C[C@@H]3N2C(=O)c2nc(N)sc2-c2cccc(C)c2)c1. The van der Waals surface area contributed by atoms with E-state index in [1.807, 2.05) is 36.1 Å². The minimum atomic E-state index is -0.242. The number of piperidine rings is 1. The molecule has 0 radical (unpaired) electrons. The second kappa shape index (κ2) is 9.22. The highest BCUT2D eigenvalue weighted by Crippen LogP contribution is 2.49. The fourth-order valence-corrected chi connectivity index (χ4v) is 5.72. The van der Waals surface area contributed by atoms with Crippen molar-refractivity contribution in [1.82, 2.24) is 15.2 Å². The van der Waals surface area contributed by atoms with Crippen LogP contribution in [0.2, 0.25) is 0 Å². The minimum Gasteiger partial charge on any atom is -0.497 e. The van der Waals surface area contributed by atoms with Crippen molar-refractivity contribution >= 4 is 28.3 Å². The Bertz CT molecular complexity index is 1270. The standard InChI is InChI=1S/C26H28N4O4S/c1-14-5-4-6-15(7-14)23-22(29-26(27)35-23)25(32)30-18(8-16-11-21(16)30)13-28-24(31)17-9-19(33-2)12-20(10-17)34-3/h4-7,9-10,12,16,18,21H,8,11,13H2,1-3H3,(H2,27,29)(H,28,31)/t16-,18+,21+/m1/s1. The number of likely N-dealkylation sites (tertiary alicyclic amines) is 1. The third kappa shape index (κ3) is 4.55. The summed E-state index contributed by atoms with van der Waals surface area (Å²) < 4.78 is 10.5. The maximum atomic E-state index is 13.7. The molecule has 35 heavy (non-hydrogen) atoms. The predicted molar refractivity (Wildman–Crippen MR) is 135 cm³/mol. The molecule has 1 aliphatic carbocycles. The number of aromatic nitrogens is 1. The van der Waals surface area contributed by atoms with Gasteiger partial charge in [0.25, 0.3) is 11.8 Å². The zero-order chi connectivity index (χ0) is 24.7. The highest BCUT2D eigenvalue weighted by molar-refractivity contribution is 7.19. The van der Waals surface area contributed by atoms with Gasteiger partial charge in [-0.3, -0.25) is 9.59 Å². The molecule has 1 saturated carbocycles. The van der Waals surface area contributed by atoms with Crippen molar-refractivity contribution in [1.29, 1.82) is 0 Å². The number of benzene rings is 2. The number of rotatable bonds is 7. The molecular weight excluding hydrogens is 464 g/mol. The topological polar surface area (TPSA) is 107 Å². The Hall–Kier alpha value is -3.59. The quantitative estimate of drug-likeness (QED) is 0.520. The first-order valence-corrected chi connectivity index (χ1v) is 12.4. The summed E-state index contributed by atoms with van der Waals surface area (Å²) >= 11 is 1.33. The number of carbonyl (C=O) groups excluding carboxylic acids is 2. The average molecular weight is 493 g/mol. The van der Waals surface area contributed by atoms with E-state index >= 15 is 0 Å². The van der Waals surface area contributed by atoms with Crippen LogP contribution in [0.15, 0.2) is 42.5 Å². The molecule has 5 rings (SSSR count). The molecule has 3 atom stereocenters. The van der Waals surface area contributed by atoms with E-state index in [4.69, 9.17) is 15.2 Å². The monoisotopic (exact) mass is 492 g/mol. The Morgan fingerprint density at radius 3 is 2.57 bits per heavy atom. The first kappa shape index (κ1) is 23.2. The molecule has 2 fully saturated rings. The fraction of sp³-hybridized carbons (Fsp3) is 0.346. The Morgan fingerprint density at radius 2 is 1.89 bits per heavy atom. The number of nitrogens with two attached hydrogens (primary N) is 1. The van der Waals surface area contributed by atoms with Gasteiger partial charge >= 0.3 is 0 Å². The molecule has 1 aromatic heterocycles. The number of hydrogen-bond acceptors (Lipinski definition) is 7. The smallest absolute Gasteiger partial charge is 0.274 e. The van der Waals surface area contributed by atoms with Crippen LogP contribution < -0.4 is 20.5 Å². The van der Waals surface area contributed by atoms with E-state index in [1.54, 1.807) is 32.4 Å². The number of thiazole rings is 1. The van der Waals surface area contributed by atoms with Crippen molar-refractivity contribution < 1.29 is 19.1 Å². The van der Waals surface area contributed by atoms with E-state index < -0.39 is 0 Å². The number of carbonyl (C=O) groups is 2. The van der Waals surface area contributed by atoms with E-state index in [2.05, 4.69) is 10.3 Å². The summed E-state index contributed by atoms with van der Waals surface area (Å²) in [4.78, 5) is 33.7. The highest BCUT2D eigenvalue weighted by atomic mass is 32.1. The number of nitrogens with one attached hydrogen (secondary N) is 1. The van der Waals surface area contributed by atoms with Crippen LogP contribution >= 0.6 is 11.3 Å². The molecule has 0 unspecified atom stereocenters. The number of amides is 2. The van der Waals surface area contributed by atoms with Crippen LogP contribution in [0.3, 0.4) is 0 Å². The molecular formula is C26H28N4O4S. The minimum absolute atomic E-state index is 0.101. The lowest BCUT2D eigenvalue weighted by Gasteiger charge is -2.27. The second-order valence-electron chi connectivity index (χ2n) is 9.08. The summed E-state index contributed by atoms with van der Waals surface area (Å²) in [6, 6.07) is 13.1. The maximum absolute atomic E-state index is 13.7. The van der Waals surface area contributed by atoms with Crippen molar-refractivity contribution in [3.05, 3.63) is 59.3 Å². The highest BCUT2D eigenvalue weighted by Gasteiger charge is 2.54. The number of aryl methyl sites for hydroxylation is 1. The molecule has 9 heteroatoms. The van der Waals surface area contributed by atoms with Gasteiger partial charge < -0.3 is 25.4 Å². The maximum Gasteiger partial charge on any atom is 0.274 e. The van der Waals surface area contributed by atoms with Gasteiger partial charge in [0.2, 0.25) is 0 Å². The predicted octanol–water partition coefficient (Wildman–Crippen LogP) is 3.75. The summed E-state index contributed by atoms with van der Waals surface area (Å²) in [6.45, 7) is 2.37. The van der Waals surface area contributed by atoms with Gasteiger partial charge in [-0.1, -0.05) is 41.2 Å². The molecule has 2 aromatic carbocycles. The number of anilines is 1. The molecule has 0 bridgehead atoms. The molecule has 1 saturated heterocycles. The van der Waals surface area contributed by atoms with E-state index in [0.717, 1.165) is 28.8 Å². The number of nitrogen functional groups attached to an aromatic ring is 1. The normalized spacial score (nSPS) is 20.3. The largest absolute Gasteiger partial charge is 0.497 e. The lowest BCUT2D eigenvalue weighted by molar-refractivity contribution is 0.0685. The zero-order valence-corrected chi connectivity index (χ0v) is 20.7. The van der Waals surface area contributed by atoms with Crippen LogP contribution in [0.4, 0.5) is 5.13 Å². The summed E-state index contributed by atoms with van der Waals surface area (Å²) in [6.07, 6.45) is 1.85. The summed E-state index contributed by atoms with van der Waals surface area (Å²) in [5.41, 5.74) is 8.91. The molecule has 3 N–H and O–H groups in total. The van der Waals surface area contributed by atoms with Crippen LogP contribution in [0.1, 0.15) is 39.3 Å². The van der Waals surface area contributed by atoms with Crippen LogP contribution in [0, 0.1) is 12.8 Å². The van der Waals surface area contributed by atoms with E-state index in [0.29, 0.717) is 40.4 Å². The van der Waals surface area contributed by atoms with Gasteiger partial charge in [0.15, 0.2) is 5.13 Å². The van der Waals surface area contributed by atoms with Gasteiger partial charge in [-0.2, -0.15) is 0 Å². The second-order valence-corrected chi connectivity index (χ2v) is 10.1. The fourth-order valence-electron chi connectivity index (χ4n) is 4.89. The molecule has 3 aromatic rings. The number of nitrogens with zero attached hydrogens (tertiary/aromatic N) is 2. The summed E-state index contributed by atoms with van der Waals surface area (Å²) in [5, 5.41) is 3.36. The molecule has 8 nitrogen and oxygen atoms in total. The van der Waals surface area contributed by atoms with E-state index in [9.17, 15) is 9.59 Å². The zero-order valence-electron chi connectivity index (χ0n) is 19.9. The molecule has 2 amide bonds. The van der Waals surface area contributed by atoms with Crippen LogP contribution in [0.25, 0.3) is 10.4 Å². The van der Waals surface area contributed by atoms with Crippen molar-refractivity contribution in [2.45, 2.75) is 31.8 Å². The molecule has 2 heterocycles. The van der Waals surface area contributed by atoms with E-state index in [-0.39, 0.29) is 23.9 Å². The lowest BCUT2D eigenvalue weighted by atomic mass is 10.1. The van der Waals surface area contributed by atoms with Crippen LogP contribution in [-0.4, -0.2) is 54.5 Å². The van der Waals surface area contributed by atoms with Gasteiger partial charge in [0.05, 0.1) is 25.1 Å². The van der Waals surface area contributed by atoms with Gasteiger partial charge in [-0.15, -0.1) is 0 Å². The Balaban J connectivity index is 1.34. The molecule has 2 aliphatic rings. The van der Waals surface area contributed by atoms with Gasteiger partial charge in [0, 0.05) is 24.2 Å². The Morgan fingerprint density at radius 1 is 1.14 bits per heavy atom. The van der Waals surface area contributed by atoms with Crippen LogP contribution in [-0.2, 0) is 0 Å². The summed E-state index contributed by atoms with van der Waals surface area (Å²) in [7, 11) is 3.09. The average Bonchev–Trinajstić information content (AvgIpc) is 3.35. The molecule has 182 valence electrons. The van der Waals surface area contributed by atoms with E-state index in [1.165, 1.54) is 11.3 Å². The first-order valence-electron chi connectivity index (χ1n) is 11.5. The Kier molecular flexibility index (Phi) is 6.10. The number of hydrogen-bond donors (Lipinski definition) is 2. The number of methoxy groups -OCH3 is 2. The lowest BCUT2D eigenvalue weighted by Crippen LogP contribution is -2.45. The number of fused-ring (bicyclic) bond motifs is 1. The summed E-state index contributed by atoms with van der Waals surface area (Å²) in [5.74, 6) is 1.18. The third-order valence-electron chi connectivity index (χ3n) is 6.68.